The smallest absolute Gasteiger partial charge is 0.117 e. The summed E-state index contributed by atoms with van der Waals surface area (Å²) in [7, 11) is 0. The number of hydrogen-bond acceptors (Lipinski definition) is 5. The van der Waals surface area contributed by atoms with Crippen LogP contribution in [-0.2, 0) is 34.0 Å². The van der Waals surface area contributed by atoms with Gasteiger partial charge >= 0.3 is 0 Å². The zero-order valence-corrected chi connectivity index (χ0v) is 19.4. The van der Waals surface area contributed by atoms with Crippen molar-refractivity contribution in [3.05, 3.63) is 120 Å². The number of aliphatic hydroxyl groups is 1. The van der Waals surface area contributed by atoms with E-state index in [0.717, 1.165) is 16.7 Å². The van der Waals surface area contributed by atoms with E-state index in [9.17, 15) is 5.11 Å². The van der Waals surface area contributed by atoms with E-state index in [-0.39, 0.29) is 0 Å². The summed E-state index contributed by atoms with van der Waals surface area (Å²) in [6.45, 7) is 5.33. The van der Waals surface area contributed by atoms with E-state index in [1.54, 1.807) is 0 Å². The Balaban J connectivity index is 1.55. The van der Waals surface area contributed by atoms with Gasteiger partial charge < -0.3 is 19.3 Å². The molecular weight excluding hydrogens is 432 g/mol. The van der Waals surface area contributed by atoms with Crippen LogP contribution in [0.3, 0.4) is 0 Å². The average molecular weight is 463 g/mol. The lowest BCUT2D eigenvalue weighted by Gasteiger charge is -2.44. The number of benzene rings is 3. The summed E-state index contributed by atoms with van der Waals surface area (Å²) in [5.41, 5.74) is 3.80. The van der Waals surface area contributed by atoms with Gasteiger partial charge in [-0.2, -0.15) is 12.6 Å². The van der Waals surface area contributed by atoms with Crippen molar-refractivity contribution in [1.82, 2.24) is 0 Å². The van der Waals surface area contributed by atoms with Crippen molar-refractivity contribution in [2.24, 2.45) is 0 Å². The second kappa shape index (κ2) is 11.6. The minimum Gasteiger partial charge on any atom is -0.389 e. The lowest BCUT2D eigenvalue weighted by molar-refractivity contribution is -0.183. The normalized spacial score (nSPS) is 25.2. The molecule has 0 radical (unpaired) electrons. The highest BCUT2D eigenvalue weighted by Gasteiger charge is 2.47. The van der Waals surface area contributed by atoms with E-state index in [2.05, 4.69) is 19.2 Å². The average Bonchev–Trinajstić information content (AvgIpc) is 2.87. The van der Waals surface area contributed by atoms with Crippen LogP contribution in [-0.4, -0.2) is 34.8 Å². The zero-order valence-electron chi connectivity index (χ0n) is 18.5. The maximum Gasteiger partial charge on any atom is 0.117 e. The van der Waals surface area contributed by atoms with Crippen LogP contribution >= 0.6 is 12.6 Å². The van der Waals surface area contributed by atoms with Crippen LogP contribution < -0.4 is 0 Å². The van der Waals surface area contributed by atoms with Gasteiger partial charge in [-0.3, -0.25) is 0 Å². The van der Waals surface area contributed by atoms with Gasteiger partial charge in [-0.15, -0.1) is 0 Å². The monoisotopic (exact) mass is 462 g/mol. The third-order valence-corrected chi connectivity index (χ3v) is 6.51. The van der Waals surface area contributed by atoms with Gasteiger partial charge in [0.15, 0.2) is 0 Å². The molecular formula is C28H30O4S. The molecule has 0 aromatic heterocycles. The molecule has 4 nitrogen and oxygen atoms in total. The molecule has 0 amide bonds. The quantitative estimate of drug-likeness (QED) is 0.348. The molecule has 3 aromatic carbocycles. The highest BCUT2D eigenvalue weighted by atomic mass is 32.1. The van der Waals surface area contributed by atoms with Crippen molar-refractivity contribution >= 4 is 12.6 Å². The highest BCUT2D eigenvalue weighted by molar-refractivity contribution is 7.81. The fourth-order valence-corrected chi connectivity index (χ4v) is 4.33. The Hall–Kier alpha value is -2.41. The lowest BCUT2D eigenvalue weighted by Crippen LogP contribution is -2.58. The molecule has 1 fully saturated rings. The summed E-state index contributed by atoms with van der Waals surface area (Å²) in [5, 5.41) is 10.6. The number of ether oxygens (including phenoxy) is 3. The van der Waals surface area contributed by atoms with Crippen LogP contribution in [0, 0.1) is 0 Å². The standard InChI is InChI=1S/C28H30O4S/c1-20-25(30-17-21-11-5-2-6-12-21)27(32-19-23-15-9-4-10-16-23)26(24(29)28(20)33)31-18-22-13-7-3-8-14-22/h2-16,24-29,33H,1,17-19H2/t24-,25+,26-,27-,28-/m0/s1. The molecule has 0 heterocycles. The van der Waals surface area contributed by atoms with E-state index in [4.69, 9.17) is 14.2 Å². The molecule has 33 heavy (non-hydrogen) atoms. The topological polar surface area (TPSA) is 47.9 Å². The summed E-state index contributed by atoms with van der Waals surface area (Å²) < 4.78 is 18.9. The van der Waals surface area contributed by atoms with Crippen molar-refractivity contribution < 1.29 is 19.3 Å². The molecule has 1 aliphatic rings. The molecule has 1 N–H and O–H groups in total. The van der Waals surface area contributed by atoms with Crippen LogP contribution in [0.15, 0.2) is 103 Å². The molecule has 0 unspecified atom stereocenters. The van der Waals surface area contributed by atoms with E-state index < -0.39 is 29.7 Å². The lowest BCUT2D eigenvalue weighted by atomic mass is 9.85. The van der Waals surface area contributed by atoms with Crippen molar-refractivity contribution in [2.45, 2.75) is 49.5 Å². The first-order chi connectivity index (χ1) is 16.1. The first kappa shape index (κ1) is 23.7. The molecule has 5 heteroatoms. The second-order valence-corrected chi connectivity index (χ2v) is 8.81. The Labute approximate surface area is 201 Å². The molecule has 1 aliphatic carbocycles. The molecule has 3 aromatic rings. The van der Waals surface area contributed by atoms with Crippen molar-refractivity contribution in [3.8, 4) is 0 Å². The SMILES string of the molecule is C=C1[C@@H](OCc2ccccc2)[C@H](OCc2ccccc2)[C@@H](OCc2ccccc2)[C@H](O)[C@H]1S. The summed E-state index contributed by atoms with van der Waals surface area (Å²) in [4.78, 5) is 0. The van der Waals surface area contributed by atoms with E-state index in [1.807, 2.05) is 91.0 Å². The number of rotatable bonds is 9. The number of thiol groups is 1. The van der Waals surface area contributed by atoms with Gasteiger partial charge in [-0.05, 0) is 22.3 Å². The maximum atomic E-state index is 11.1. The highest BCUT2D eigenvalue weighted by Crippen LogP contribution is 2.35. The maximum absolute atomic E-state index is 11.1. The van der Waals surface area contributed by atoms with Gasteiger partial charge in [0.1, 0.15) is 18.3 Å². The van der Waals surface area contributed by atoms with E-state index in [0.29, 0.717) is 25.4 Å². The fraction of sp³-hybridized carbons (Fsp3) is 0.286. The third-order valence-electron chi connectivity index (χ3n) is 5.87. The Bertz CT molecular complexity index is 996. The molecule has 0 aliphatic heterocycles. The van der Waals surface area contributed by atoms with Crippen LogP contribution in [0.2, 0.25) is 0 Å². The molecule has 4 rings (SSSR count). The van der Waals surface area contributed by atoms with Gasteiger partial charge in [-0.25, -0.2) is 0 Å². The van der Waals surface area contributed by atoms with Gasteiger partial charge in [0, 0.05) is 0 Å². The van der Waals surface area contributed by atoms with Gasteiger partial charge in [-0.1, -0.05) is 97.6 Å². The minimum absolute atomic E-state index is 0.353. The van der Waals surface area contributed by atoms with Gasteiger partial charge in [0.25, 0.3) is 0 Å². The van der Waals surface area contributed by atoms with Gasteiger partial charge in [0.05, 0.1) is 31.2 Å². The van der Waals surface area contributed by atoms with Crippen LogP contribution in [0.5, 0.6) is 0 Å². The summed E-state index contributed by atoms with van der Waals surface area (Å²) >= 11 is 4.64. The van der Waals surface area contributed by atoms with Crippen LogP contribution in [0.1, 0.15) is 16.7 Å². The van der Waals surface area contributed by atoms with Crippen molar-refractivity contribution in [3.63, 3.8) is 0 Å². The number of aliphatic hydroxyl groups excluding tert-OH is 1. The Morgan fingerprint density at radius 2 is 1.03 bits per heavy atom. The Morgan fingerprint density at radius 3 is 1.48 bits per heavy atom. The third kappa shape index (κ3) is 6.14. The zero-order chi connectivity index (χ0) is 23.0. The summed E-state index contributed by atoms with van der Waals surface area (Å²) in [6.07, 6.45) is -2.51. The van der Waals surface area contributed by atoms with E-state index in [1.165, 1.54) is 0 Å². The predicted octanol–water partition coefficient (Wildman–Crippen LogP) is 4.97. The fourth-order valence-electron chi connectivity index (χ4n) is 4.02. The Kier molecular flexibility index (Phi) is 8.37. The predicted molar refractivity (Wildman–Crippen MR) is 133 cm³/mol. The molecule has 1 saturated carbocycles. The van der Waals surface area contributed by atoms with E-state index >= 15 is 0 Å². The largest absolute Gasteiger partial charge is 0.389 e. The summed E-state index contributed by atoms with van der Waals surface area (Å²) in [6, 6.07) is 29.8. The van der Waals surface area contributed by atoms with Gasteiger partial charge in [0.2, 0.25) is 0 Å². The molecule has 0 spiro atoms. The Morgan fingerprint density at radius 1 is 0.636 bits per heavy atom. The van der Waals surface area contributed by atoms with Crippen LogP contribution in [0.25, 0.3) is 0 Å². The first-order valence-electron chi connectivity index (χ1n) is 11.1. The van der Waals surface area contributed by atoms with Crippen molar-refractivity contribution in [2.75, 3.05) is 0 Å². The minimum atomic E-state index is -0.873. The van der Waals surface area contributed by atoms with Crippen LogP contribution in [0.4, 0.5) is 0 Å². The number of hydrogen-bond donors (Lipinski definition) is 2. The first-order valence-corrected chi connectivity index (χ1v) is 11.7. The summed E-state index contributed by atoms with van der Waals surface area (Å²) in [5.74, 6) is 0. The molecule has 0 bridgehead atoms. The molecule has 5 atom stereocenters. The van der Waals surface area contributed by atoms with Crippen molar-refractivity contribution in [1.29, 1.82) is 0 Å². The molecule has 172 valence electrons. The second-order valence-electron chi connectivity index (χ2n) is 8.25. The molecule has 0 saturated heterocycles.